The average molecular weight is 560 g/mol. The number of unbranched alkanes of at least 4 members (excludes halogenated alkanes) is 1. The molecule has 0 radical (unpaired) electrons. The summed E-state index contributed by atoms with van der Waals surface area (Å²) in [5.41, 5.74) is 11.0. The predicted molar refractivity (Wildman–Crippen MR) is 157 cm³/mol. The lowest BCUT2D eigenvalue weighted by Gasteiger charge is -2.14. The quantitative estimate of drug-likeness (QED) is 0.220. The molecule has 0 atom stereocenters. The maximum Gasteiger partial charge on any atom is 0.407 e. The van der Waals surface area contributed by atoms with E-state index in [1.807, 2.05) is 50.2 Å². The minimum atomic E-state index is -0.512. The Labute approximate surface area is 239 Å². The van der Waals surface area contributed by atoms with Crippen LogP contribution in [0.3, 0.4) is 0 Å². The number of carbonyl (C=O) groups is 2. The number of carbonyl (C=O) groups excluding carboxylic acids is 2. The number of aromatic nitrogens is 4. The largest absolute Gasteiger partial charge is 0.472 e. The van der Waals surface area contributed by atoms with E-state index < -0.39 is 6.09 Å². The van der Waals surface area contributed by atoms with Crippen molar-refractivity contribution in [2.45, 2.75) is 72.8 Å². The molecule has 2 aromatic heterocycles. The van der Waals surface area contributed by atoms with Crippen LogP contribution in [-0.4, -0.2) is 37.9 Å². The summed E-state index contributed by atoms with van der Waals surface area (Å²) in [5.74, 6) is 1.47. The predicted octanol–water partition coefficient (Wildman–Crippen LogP) is 4.97. The average Bonchev–Trinajstić information content (AvgIpc) is 3.31. The zero-order valence-electron chi connectivity index (χ0n) is 23.9. The lowest BCUT2D eigenvalue weighted by molar-refractivity contribution is -0.114. The van der Waals surface area contributed by atoms with Crippen LogP contribution >= 0.6 is 0 Å². The van der Waals surface area contributed by atoms with Gasteiger partial charge in [0.05, 0.1) is 6.10 Å². The molecule has 4 rings (SSSR count). The van der Waals surface area contributed by atoms with Crippen molar-refractivity contribution < 1.29 is 19.1 Å². The van der Waals surface area contributed by atoms with E-state index in [0.717, 1.165) is 47.3 Å². The molecule has 2 amide bonds. The first-order chi connectivity index (χ1) is 19.7. The molecule has 0 aliphatic carbocycles. The Bertz CT molecular complexity index is 1480. The third-order valence-corrected chi connectivity index (χ3v) is 6.29. The fourth-order valence-electron chi connectivity index (χ4n) is 4.29. The van der Waals surface area contributed by atoms with E-state index in [9.17, 15) is 9.59 Å². The van der Waals surface area contributed by atoms with Gasteiger partial charge in [-0.1, -0.05) is 49.7 Å². The van der Waals surface area contributed by atoms with Gasteiger partial charge in [-0.3, -0.25) is 4.79 Å². The Hall–Kier alpha value is -4.67. The normalized spacial score (nSPS) is 11.0. The number of nitrogen functional groups attached to an aromatic ring is 1. The number of benzene rings is 2. The molecule has 0 fully saturated rings. The van der Waals surface area contributed by atoms with Crippen LogP contribution in [0.25, 0.3) is 11.0 Å². The van der Waals surface area contributed by atoms with Gasteiger partial charge in [-0.15, -0.1) is 10.2 Å². The third-order valence-electron chi connectivity index (χ3n) is 6.29. The number of nitrogens with zero attached hydrogens (tertiary/aromatic N) is 4. The number of amides is 2. The number of hydrogen-bond donors (Lipinski definition) is 3. The first kappa shape index (κ1) is 29.3. The maximum atomic E-state index is 12.2. The van der Waals surface area contributed by atoms with Gasteiger partial charge < -0.3 is 30.4 Å². The van der Waals surface area contributed by atoms with Crippen LogP contribution in [0.1, 0.15) is 63.1 Å². The molecule has 4 N–H and O–H groups in total. The Morgan fingerprint density at radius 1 is 1.00 bits per heavy atom. The molecule has 2 heterocycles. The van der Waals surface area contributed by atoms with Gasteiger partial charge in [0.1, 0.15) is 23.5 Å². The number of fused-ring (bicyclic) bond motifs is 1. The van der Waals surface area contributed by atoms with E-state index in [0.29, 0.717) is 30.2 Å². The number of hydrogen-bond acceptors (Lipinski definition) is 8. The van der Waals surface area contributed by atoms with Crippen LogP contribution in [0.15, 0.2) is 48.5 Å². The highest BCUT2D eigenvalue weighted by molar-refractivity contribution is 5.89. The number of anilines is 2. The molecule has 0 unspecified atom stereocenters. The van der Waals surface area contributed by atoms with E-state index in [-0.39, 0.29) is 24.4 Å². The molecular weight excluding hydrogens is 522 g/mol. The molecule has 2 aromatic carbocycles. The molecule has 0 spiro atoms. The summed E-state index contributed by atoms with van der Waals surface area (Å²) >= 11 is 0. The van der Waals surface area contributed by atoms with E-state index in [1.165, 1.54) is 6.92 Å². The highest BCUT2D eigenvalue weighted by atomic mass is 16.5. The van der Waals surface area contributed by atoms with Gasteiger partial charge in [-0.2, -0.15) is 0 Å². The minimum absolute atomic E-state index is 0.0781. The number of ether oxygens (including phenoxy) is 2. The molecule has 0 bridgehead atoms. The monoisotopic (exact) mass is 559 g/mol. The zero-order chi connectivity index (χ0) is 29.4. The van der Waals surface area contributed by atoms with Crippen molar-refractivity contribution in [1.29, 1.82) is 0 Å². The topological polar surface area (TPSA) is 146 Å². The SMILES string of the molecule is CCCCc1nc2c(N)nnc(OC(C)C)c2n1Cc1ccc(COC(=O)NCc2ccc(NC(C)=O)cc2)cc1. The second kappa shape index (κ2) is 13.6. The lowest BCUT2D eigenvalue weighted by Crippen LogP contribution is -2.23. The summed E-state index contributed by atoms with van der Waals surface area (Å²) in [6.45, 7) is 8.49. The van der Waals surface area contributed by atoms with Crippen LogP contribution < -0.4 is 21.1 Å². The molecule has 216 valence electrons. The molecule has 0 aliphatic heterocycles. The van der Waals surface area contributed by atoms with Gasteiger partial charge in [0.25, 0.3) is 5.88 Å². The van der Waals surface area contributed by atoms with Crippen LogP contribution in [0.5, 0.6) is 5.88 Å². The first-order valence-corrected chi connectivity index (χ1v) is 13.8. The highest BCUT2D eigenvalue weighted by Gasteiger charge is 2.20. The van der Waals surface area contributed by atoms with E-state index in [4.69, 9.17) is 20.2 Å². The third kappa shape index (κ3) is 7.93. The molecular formula is C30H37N7O4. The van der Waals surface area contributed by atoms with Crippen molar-refractivity contribution in [3.63, 3.8) is 0 Å². The standard InChI is InChI=1S/C30H37N7O4/c1-5-6-7-25-34-26-27(29(41-19(2)3)36-35-28(26)31)37(25)17-22-8-10-23(11-9-22)18-40-30(39)32-16-21-12-14-24(15-13-21)33-20(4)38/h8-15,19H,5-7,16-18H2,1-4H3,(H2,31,35)(H,32,39)(H,33,38). The Balaban J connectivity index is 1.39. The second-order valence-electron chi connectivity index (χ2n) is 10.1. The Morgan fingerprint density at radius 3 is 2.34 bits per heavy atom. The van der Waals surface area contributed by atoms with Gasteiger partial charge in [0.15, 0.2) is 5.82 Å². The van der Waals surface area contributed by atoms with Crippen LogP contribution in [0.4, 0.5) is 16.3 Å². The highest BCUT2D eigenvalue weighted by Crippen LogP contribution is 2.29. The van der Waals surface area contributed by atoms with Crippen molar-refractivity contribution in [3.05, 3.63) is 71.0 Å². The van der Waals surface area contributed by atoms with Gasteiger partial charge >= 0.3 is 6.09 Å². The van der Waals surface area contributed by atoms with E-state index >= 15 is 0 Å². The van der Waals surface area contributed by atoms with Crippen LogP contribution in [0.2, 0.25) is 0 Å². The molecule has 11 heteroatoms. The van der Waals surface area contributed by atoms with E-state index in [1.54, 1.807) is 12.1 Å². The number of nitrogens with one attached hydrogen (secondary N) is 2. The van der Waals surface area contributed by atoms with E-state index in [2.05, 4.69) is 32.3 Å². The Kier molecular flexibility index (Phi) is 9.73. The maximum absolute atomic E-state index is 12.2. The lowest BCUT2D eigenvalue weighted by atomic mass is 10.1. The van der Waals surface area contributed by atoms with Crippen molar-refractivity contribution in [2.75, 3.05) is 11.1 Å². The number of imidazole rings is 1. The fourth-order valence-corrected chi connectivity index (χ4v) is 4.29. The van der Waals surface area contributed by atoms with Gasteiger partial charge in [-0.05, 0) is 49.1 Å². The van der Waals surface area contributed by atoms with Gasteiger partial charge in [-0.25, -0.2) is 9.78 Å². The zero-order valence-corrected chi connectivity index (χ0v) is 23.9. The summed E-state index contributed by atoms with van der Waals surface area (Å²) in [7, 11) is 0. The first-order valence-electron chi connectivity index (χ1n) is 13.8. The number of rotatable bonds is 12. The summed E-state index contributed by atoms with van der Waals surface area (Å²) in [5, 5.41) is 13.7. The van der Waals surface area contributed by atoms with Crippen LogP contribution in [-0.2, 0) is 35.6 Å². The molecule has 0 aliphatic rings. The summed E-state index contributed by atoms with van der Waals surface area (Å²) in [4.78, 5) is 28.2. The molecule has 0 saturated heterocycles. The van der Waals surface area contributed by atoms with Crippen molar-refractivity contribution in [2.24, 2.45) is 0 Å². The minimum Gasteiger partial charge on any atom is -0.472 e. The Morgan fingerprint density at radius 2 is 1.68 bits per heavy atom. The summed E-state index contributed by atoms with van der Waals surface area (Å²) in [6, 6.07) is 15.1. The van der Waals surface area contributed by atoms with Crippen molar-refractivity contribution >= 4 is 34.5 Å². The molecule has 41 heavy (non-hydrogen) atoms. The summed E-state index contributed by atoms with van der Waals surface area (Å²) < 4.78 is 13.5. The molecule has 0 saturated carbocycles. The molecule has 4 aromatic rings. The van der Waals surface area contributed by atoms with Gasteiger partial charge in [0, 0.05) is 32.1 Å². The number of nitrogens with two attached hydrogens (primary N) is 1. The van der Waals surface area contributed by atoms with Crippen molar-refractivity contribution in [1.82, 2.24) is 25.1 Å². The number of alkyl carbamates (subject to hydrolysis) is 1. The summed E-state index contributed by atoms with van der Waals surface area (Å²) in [6.07, 6.45) is 2.24. The molecule has 11 nitrogen and oxygen atoms in total. The number of aryl methyl sites for hydroxylation is 1. The van der Waals surface area contributed by atoms with Gasteiger partial charge in [0.2, 0.25) is 5.91 Å². The second-order valence-corrected chi connectivity index (χ2v) is 10.1. The van der Waals surface area contributed by atoms with Crippen molar-refractivity contribution in [3.8, 4) is 5.88 Å². The fraction of sp³-hybridized carbons (Fsp3) is 0.367. The van der Waals surface area contributed by atoms with Crippen LogP contribution in [0, 0.1) is 0 Å². The smallest absolute Gasteiger partial charge is 0.407 e.